The molecular formula is C13H19N3O3. The van der Waals surface area contributed by atoms with Crippen LogP contribution in [0.2, 0.25) is 0 Å². The molecule has 6 heteroatoms. The van der Waals surface area contributed by atoms with Gasteiger partial charge in [0, 0.05) is 19.2 Å². The first-order valence-corrected chi connectivity index (χ1v) is 6.00. The van der Waals surface area contributed by atoms with E-state index in [4.69, 9.17) is 4.74 Å². The normalized spacial score (nSPS) is 11.5. The van der Waals surface area contributed by atoms with Gasteiger partial charge >= 0.3 is 6.03 Å². The van der Waals surface area contributed by atoms with Gasteiger partial charge in [0.1, 0.15) is 5.75 Å². The minimum Gasteiger partial charge on any atom is -0.481 e. The summed E-state index contributed by atoms with van der Waals surface area (Å²) in [7, 11) is 3.27. The summed E-state index contributed by atoms with van der Waals surface area (Å²) in [5.41, 5.74) is 0.949. The predicted octanol–water partition coefficient (Wildman–Crippen LogP) is 0.629. The number of benzene rings is 1. The zero-order valence-corrected chi connectivity index (χ0v) is 11.3. The maximum atomic E-state index is 11.7. The number of carbonyl (C=O) groups is 2. The number of amides is 3. The molecule has 0 aliphatic heterocycles. The molecule has 0 bridgehead atoms. The number of urea groups is 1. The van der Waals surface area contributed by atoms with Crippen LogP contribution in [0, 0.1) is 0 Å². The first-order chi connectivity index (χ1) is 9.08. The van der Waals surface area contributed by atoms with Crippen LogP contribution in [0.25, 0.3) is 0 Å². The highest BCUT2D eigenvalue weighted by molar-refractivity contribution is 5.96. The van der Waals surface area contributed by atoms with E-state index in [0.29, 0.717) is 12.3 Å². The Kier molecular flexibility index (Phi) is 5.81. The summed E-state index contributed by atoms with van der Waals surface area (Å²) < 4.78 is 5.57. The molecule has 0 spiro atoms. The van der Waals surface area contributed by atoms with Crippen molar-refractivity contribution in [2.75, 3.05) is 14.1 Å². The first-order valence-electron chi connectivity index (χ1n) is 6.00. The maximum Gasteiger partial charge on any atom is 0.321 e. The molecule has 6 nitrogen and oxygen atoms in total. The van der Waals surface area contributed by atoms with E-state index in [1.165, 1.54) is 7.05 Å². The van der Waals surface area contributed by atoms with Crippen LogP contribution in [0.15, 0.2) is 24.3 Å². The molecule has 19 heavy (non-hydrogen) atoms. The Bertz CT molecular complexity index is 449. The average molecular weight is 265 g/mol. The van der Waals surface area contributed by atoms with Crippen LogP contribution >= 0.6 is 0 Å². The third-order valence-corrected chi connectivity index (χ3v) is 2.48. The van der Waals surface area contributed by atoms with Gasteiger partial charge in [0.05, 0.1) is 0 Å². The van der Waals surface area contributed by atoms with Gasteiger partial charge in [0.2, 0.25) is 0 Å². The van der Waals surface area contributed by atoms with Crippen molar-refractivity contribution in [1.82, 2.24) is 16.0 Å². The topological polar surface area (TPSA) is 79.5 Å². The lowest BCUT2D eigenvalue weighted by Gasteiger charge is -2.16. The summed E-state index contributed by atoms with van der Waals surface area (Å²) in [5, 5.41) is 7.50. The molecule has 0 saturated carbocycles. The molecule has 0 radical (unpaired) electrons. The number of para-hydroxylation sites is 1. The molecule has 104 valence electrons. The van der Waals surface area contributed by atoms with Crippen LogP contribution in [0.1, 0.15) is 12.5 Å². The average Bonchev–Trinajstić information content (AvgIpc) is 2.41. The SMILES string of the molecule is CNCc1ccccc1OC(C)C(=O)NC(=O)NC. The van der Waals surface area contributed by atoms with Crippen LogP contribution in [-0.2, 0) is 11.3 Å². The summed E-state index contributed by atoms with van der Waals surface area (Å²) in [6.07, 6.45) is -0.754. The van der Waals surface area contributed by atoms with Crippen molar-refractivity contribution in [3.63, 3.8) is 0 Å². The van der Waals surface area contributed by atoms with Crippen LogP contribution in [0.4, 0.5) is 4.79 Å². The maximum absolute atomic E-state index is 11.7. The summed E-state index contributed by atoms with van der Waals surface area (Å²) >= 11 is 0. The largest absolute Gasteiger partial charge is 0.481 e. The van der Waals surface area contributed by atoms with Crippen molar-refractivity contribution in [2.45, 2.75) is 19.6 Å². The molecule has 1 rings (SSSR count). The van der Waals surface area contributed by atoms with Crippen LogP contribution in [0.5, 0.6) is 5.75 Å². The van der Waals surface area contributed by atoms with Crippen molar-refractivity contribution in [3.8, 4) is 5.75 Å². The number of ether oxygens (including phenoxy) is 1. The smallest absolute Gasteiger partial charge is 0.321 e. The van der Waals surface area contributed by atoms with Gasteiger partial charge in [-0.1, -0.05) is 18.2 Å². The summed E-state index contributed by atoms with van der Waals surface area (Å²) in [6.45, 7) is 2.23. The second kappa shape index (κ2) is 7.38. The quantitative estimate of drug-likeness (QED) is 0.729. The summed E-state index contributed by atoms with van der Waals surface area (Å²) in [6, 6.07) is 6.88. The van der Waals surface area contributed by atoms with E-state index in [1.807, 2.05) is 25.2 Å². The zero-order valence-electron chi connectivity index (χ0n) is 11.3. The highest BCUT2D eigenvalue weighted by atomic mass is 16.5. The minimum atomic E-state index is -0.754. The molecule has 3 amide bonds. The van der Waals surface area contributed by atoms with E-state index in [1.54, 1.807) is 13.0 Å². The molecule has 0 aliphatic rings. The summed E-state index contributed by atoms with van der Waals surface area (Å²) in [4.78, 5) is 22.7. The second-order valence-corrected chi connectivity index (χ2v) is 3.97. The van der Waals surface area contributed by atoms with E-state index < -0.39 is 18.0 Å². The van der Waals surface area contributed by atoms with E-state index >= 15 is 0 Å². The Labute approximate surface area is 112 Å². The van der Waals surface area contributed by atoms with Crippen LogP contribution in [-0.4, -0.2) is 32.1 Å². The molecule has 1 aromatic rings. The Balaban J connectivity index is 2.68. The number of imide groups is 1. The number of rotatable bonds is 5. The Morgan fingerprint density at radius 1 is 1.26 bits per heavy atom. The van der Waals surface area contributed by atoms with E-state index in [9.17, 15) is 9.59 Å². The standard InChI is InChI=1S/C13H19N3O3/c1-9(12(17)16-13(18)15-3)19-11-7-5-4-6-10(11)8-14-2/h4-7,9,14H,8H2,1-3H3,(H2,15,16,17,18). The van der Waals surface area contributed by atoms with Crippen LogP contribution in [0.3, 0.4) is 0 Å². The molecule has 0 aliphatic carbocycles. The van der Waals surface area contributed by atoms with Crippen molar-refractivity contribution in [2.24, 2.45) is 0 Å². The fourth-order valence-electron chi connectivity index (χ4n) is 1.48. The molecule has 0 fully saturated rings. The molecule has 0 saturated heterocycles. The van der Waals surface area contributed by atoms with Crippen molar-refractivity contribution < 1.29 is 14.3 Å². The monoisotopic (exact) mass is 265 g/mol. The van der Waals surface area contributed by atoms with Gasteiger partial charge in [-0.05, 0) is 20.0 Å². The highest BCUT2D eigenvalue weighted by Crippen LogP contribution is 2.19. The van der Waals surface area contributed by atoms with Gasteiger partial charge in [0.15, 0.2) is 6.10 Å². The lowest BCUT2D eigenvalue weighted by Crippen LogP contribution is -2.44. The van der Waals surface area contributed by atoms with Gasteiger partial charge in [-0.3, -0.25) is 10.1 Å². The minimum absolute atomic E-state index is 0.487. The van der Waals surface area contributed by atoms with Gasteiger partial charge in [0.25, 0.3) is 5.91 Å². The van der Waals surface area contributed by atoms with Crippen molar-refractivity contribution in [1.29, 1.82) is 0 Å². The van der Waals surface area contributed by atoms with Gasteiger partial charge < -0.3 is 15.4 Å². The Morgan fingerprint density at radius 2 is 1.95 bits per heavy atom. The molecule has 0 aromatic heterocycles. The molecule has 3 N–H and O–H groups in total. The third kappa shape index (κ3) is 4.59. The van der Waals surface area contributed by atoms with Crippen molar-refractivity contribution in [3.05, 3.63) is 29.8 Å². The van der Waals surface area contributed by atoms with Crippen LogP contribution < -0.4 is 20.7 Å². The molecule has 1 unspecified atom stereocenters. The molecule has 1 aromatic carbocycles. The first kappa shape index (κ1) is 15.0. The zero-order chi connectivity index (χ0) is 14.3. The van der Waals surface area contributed by atoms with Gasteiger partial charge in [-0.15, -0.1) is 0 Å². The fraction of sp³-hybridized carbons (Fsp3) is 0.385. The number of carbonyl (C=O) groups excluding carboxylic acids is 2. The highest BCUT2D eigenvalue weighted by Gasteiger charge is 2.17. The number of hydrogen-bond donors (Lipinski definition) is 3. The molecule has 1 atom stereocenters. The fourth-order valence-corrected chi connectivity index (χ4v) is 1.48. The van der Waals surface area contributed by atoms with E-state index in [-0.39, 0.29) is 0 Å². The van der Waals surface area contributed by atoms with E-state index in [0.717, 1.165) is 5.56 Å². The lowest BCUT2D eigenvalue weighted by molar-refractivity contribution is -0.126. The molecule has 0 heterocycles. The molecular weight excluding hydrogens is 246 g/mol. The van der Waals surface area contributed by atoms with E-state index in [2.05, 4.69) is 16.0 Å². The van der Waals surface area contributed by atoms with Gasteiger partial charge in [-0.2, -0.15) is 0 Å². The number of nitrogens with one attached hydrogen (secondary N) is 3. The Hall–Kier alpha value is -2.08. The van der Waals surface area contributed by atoms with Gasteiger partial charge in [-0.25, -0.2) is 4.79 Å². The second-order valence-electron chi connectivity index (χ2n) is 3.97. The predicted molar refractivity (Wildman–Crippen MR) is 71.9 cm³/mol. The Morgan fingerprint density at radius 3 is 2.58 bits per heavy atom. The number of hydrogen-bond acceptors (Lipinski definition) is 4. The summed E-state index contributed by atoms with van der Waals surface area (Å²) in [5.74, 6) is 0.134. The third-order valence-electron chi connectivity index (χ3n) is 2.48. The lowest BCUT2D eigenvalue weighted by atomic mass is 10.2. The van der Waals surface area contributed by atoms with Crippen molar-refractivity contribution >= 4 is 11.9 Å².